The number of sulfonamides is 1. The zero-order valence-electron chi connectivity index (χ0n) is 17.9. The first-order valence-electron chi connectivity index (χ1n) is 10.0. The molecule has 6 nitrogen and oxygen atoms in total. The molecule has 1 N–H and O–H groups in total. The van der Waals surface area contributed by atoms with Gasteiger partial charge in [-0.05, 0) is 67.4 Å². The van der Waals surface area contributed by atoms with E-state index in [-0.39, 0.29) is 17.3 Å². The van der Waals surface area contributed by atoms with Crippen LogP contribution in [0.2, 0.25) is 0 Å². The van der Waals surface area contributed by atoms with Crippen LogP contribution in [0.5, 0.6) is 5.75 Å². The third kappa shape index (κ3) is 5.85. The van der Waals surface area contributed by atoms with Crippen molar-refractivity contribution >= 4 is 21.6 Å². The Kier molecular flexibility index (Phi) is 7.48. The number of halogens is 1. The zero-order valence-corrected chi connectivity index (χ0v) is 18.7. The number of methoxy groups -OCH3 is 1. The molecule has 3 aromatic carbocycles. The maximum atomic E-state index is 13.3. The van der Waals surface area contributed by atoms with E-state index in [9.17, 15) is 17.6 Å². The van der Waals surface area contributed by atoms with Crippen LogP contribution in [-0.4, -0.2) is 34.5 Å². The highest BCUT2D eigenvalue weighted by atomic mass is 32.2. The molecule has 3 rings (SSSR count). The van der Waals surface area contributed by atoms with Crippen molar-refractivity contribution in [3.8, 4) is 5.75 Å². The van der Waals surface area contributed by atoms with E-state index in [2.05, 4.69) is 5.32 Å². The number of nitrogens with zero attached hydrogens (tertiary/aromatic N) is 1. The molecule has 0 atom stereocenters. The topological polar surface area (TPSA) is 75.7 Å². The standard InChI is InChI=1S/C24H25FN2O4S/c1-18-3-13-23(14-4-18)32(29,30)27(21-9-11-22(31-2)12-10-21)17-24(28)26-16-15-19-5-7-20(25)8-6-19/h3-14H,15-17H2,1-2H3,(H,26,28). The zero-order chi connectivity index (χ0) is 23.1. The summed E-state index contributed by atoms with van der Waals surface area (Å²) in [6.07, 6.45) is 0.499. The number of anilines is 1. The van der Waals surface area contributed by atoms with Crippen LogP contribution < -0.4 is 14.4 Å². The Hall–Kier alpha value is -3.39. The number of rotatable bonds is 9. The van der Waals surface area contributed by atoms with Crippen LogP contribution in [0, 0.1) is 12.7 Å². The fourth-order valence-corrected chi connectivity index (χ4v) is 4.51. The molecule has 0 aliphatic carbocycles. The molecule has 0 aromatic heterocycles. The van der Waals surface area contributed by atoms with Gasteiger partial charge in [-0.2, -0.15) is 0 Å². The minimum Gasteiger partial charge on any atom is -0.497 e. The Morgan fingerprint density at radius 1 is 0.969 bits per heavy atom. The van der Waals surface area contributed by atoms with E-state index in [1.165, 1.54) is 31.4 Å². The molecule has 0 saturated carbocycles. The van der Waals surface area contributed by atoms with Gasteiger partial charge in [0.2, 0.25) is 5.91 Å². The summed E-state index contributed by atoms with van der Waals surface area (Å²) in [5.74, 6) is -0.196. The normalized spacial score (nSPS) is 11.1. The van der Waals surface area contributed by atoms with Crippen LogP contribution >= 0.6 is 0 Å². The number of hydrogen-bond acceptors (Lipinski definition) is 4. The number of carbonyl (C=O) groups is 1. The molecule has 0 unspecified atom stereocenters. The van der Waals surface area contributed by atoms with Crippen molar-refractivity contribution in [2.24, 2.45) is 0 Å². The van der Waals surface area contributed by atoms with Gasteiger partial charge in [-0.25, -0.2) is 12.8 Å². The maximum Gasteiger partial charge on any atom is 0.264 e. The van der Waals surface area contributed by atoms with Crippen molar-refractivity contribution in [1.29, 1.82) is 0 Å². The highest BCUT2D eigenvalue weighted by Crippen LogP contribution is 2.26. The lowest BCUT2D eigenvalue weighted by Crippen LogP contribution is -2.41. The number of amides is 1. The second-order valence-electron chi connectivity index (χ2n) is 7.25. The molecule has 0 aliphatic rings. The summed E-state index contributed by atoms with van der Waals surface area (Å²) in [5.41, 5.74) is 2.14. The number of carbonyl (C=O) groups excluding carboxylic acids is 1. The number of ether oxygens (including phenoxy) is 1. The van der Waals surface area contributed by atoms with Gasteiger partial charge < -0.3 is 10.1 Å². The first-order chi connectivity index (χ1) is 15.3. The van der Waals surface area contributed by atoms with Gasteiger partial charge in [0.1, 0.15) is 18.1 Å². The van der Waals surface area contributed by atoms with Gasteiger partial charge >= 0.3 is 0 Å². The molecule has 0 spiro atoms. The summed E-state index contributed by atoms with van der Waals surface area (Å²) in [4.78, 5) is 12.7. The van der Waals surface area contributed by atoms with Gasteiger partial charge in [0, 0.05) is 6.54 Å². The van der Waals surface area contributed by atoms with E-state index in [0.29, 0.717) is 24.4 Å². The van der Waals surface area contributed by atoms with Crippen molar-refractivity contribution in [3.05, 3.63) is 89.7 Å². The van der Waals surface area contributed by atoms with E-state index in [1.807, 2.05) is 6.92 Å². The molecule has 32 heavy (non-hydrogen) atoms. The van der Waals surface area contributed by atoms with Crippen molar-refractivity contribution in [1.82, 2.24) is 5.32 Å². The van der Waals surface area contributed by atoms with Gasteiger partial charge in [-0.15, -0.1) is 0 Å². The monoisotopic (exact) mass is 456 g/mol. The highest BCUT2D eigenvalue weighted by molar-refractivity contribution is 7.92. The third-order valence-electron chi connectivity index (χ3n) is 4.91. The lowest BCUT2D eigenvalue weighted by molar-refractivity contribution is -0.119. The Morgan fingerprint density at radius 3 is 2.19 bits per heavy atom. The summed E-state index contributed by atoms with van der Waals surface area (Å²) in [6, 6.07) is 18.9. The molecule has 0 fully saturated rings. The fraction of sp³-hybridized carbons (Fsp3) is 0.208. The van der Waals surface area contributed by atoms with E-state index in [1.54, 1.807) is 48.5 Å². The quantitative estimate of drug-likeness (QED) is 0.533. The summed E-state index contributed by atoms with van der Waals surface area (Å²) in [7, 11) is -2.46. The summed E-state index contributed by atoms with van der Waals surface area (Å²) in [5, 5.41) is 2.74. The summed E-state index contributed by atoms with van der Waals surface area (Å²) in [6.45, 7) is 1.78. The number of hydrogen-bond donors (Lipinski definition) is 1. The molecule has 3 aromatic rings. The second-order valence-corrected chi connectivity index (χ2v) is 9.11. The van der Waals surface area contributed by atoms with Crippen LogP contribution in [0.15, 0.2) is 77.7 Å². The predicted octanol–water partition coefficient (Wildman–Crippen LogP) is 3.70. The number of benzene rings is 3. The number of aryl methyl sites for hydroxylation is 1. The molecule has 168 valence electrons. The van der Waals surface area contributed by atoms with Gasteiger partial charge in [-0.3, -0.25) is 9.10 Å². The van der Waals surface area contributed by atoms with Crippen molar-refractivity contribution in [3.63, 3.8) is 0 Å². The Labute approximate surface area is 187 Å². The first-order valence-corrected chi connectivity index (χ1v) is 11.5. The molecule has 1 amide bonds. The van der Waals surface area contributed by atoms with Crippen LogP contribution in [-0.2, 0) is 21.2 Å². The average Bonchev–Trinajstić information content (AvgIpc) is 2.79. The molecule has 0 saturated heterocycles. The molecular weight excluding hydrogens is 431 g/mol. The fourth-order valence-electron chi connectivity index (χ4n) is 3.08. The summed E-state index contributed by atoms with van der Waals surface area (Å²) < 4.78 is 45.9. The second kappa shape index (κ2) is 10.3. The van der Waals surface area contributed by atoms with Crippen molar-refractivity contribution in [2.75, 3.05) is 24.5 Å². The van der Waals surface area contributed by atoms with Crippen LogP contribution in [0.1, 0.15) is 11.1 Å². The lowest BCUT2D eigenvalue weighted by atomic mass is 10.1. The molecular formula is C24H25FN2O4S. The third-order valence-corrected chi connectivity index (χ3v) is 6.69. The molecule has 0 radical (unpaired) electrons. The smallest absolute Gasteiger partial charge is 0.264 e. The minimum absolute atomic E-state index is 0.0954. The molecule has 0 aliphatic heterocycles. The van der Waals surface area contributed by atoms with E-state index in [0.717, 1.165) is 15.4 Å². The molecule has 8 heteroatoms. The van der Waals surface area contributed by atoms with E-state index >= 15 is 0 Å². The maximum absolute atomic E-state index is 13.3. The van der Waals surface area contributed by atoms with E-state index < -0.39 is 15.9 Å². The van der Waals surface area contributed by atoms with Gasteiger partial charge in [0.05, 0.1) is 17.7 Å². The molecule has 0 heterocycles. The Morgan fingerprint density at radius 2 is 1.59 bits per heavy atom. The Bertz CT molecular complexity index is 1150. The Balaban J connectivity index is 1.77. The van der Waals surface area contributed by atoms with E-state index in [4.69, 9.17) is 4.74 Å². The van der Waals surface area contributed by atoms with Gasteiger partial charge in [0.15, 0.2) is 0 Å². The van der Waals surface area contributed by atoms with Gasteiger partial charge in [-0.1, -0.05) is 29.8 Å². The lowest BCUT2D eigenvalue weighted by Gasteiger charge is -2.24. The van der Waals surface area contributed by atoms with Crippen molar-refractivity contribution < 1.29 is 22.3 Å². The summed E-state index contributed by atoms with van der Waals surface area (Å²) >= 11 is 0. The van der Waals surface area contributed by atoms with Crippen LogP contribution in [0.3, 0.4) is 0 Å². The van der Waals surface area contributed by atoms with Crippen LogP contribution in [0.25, 0.3) is 0 Å². The van der Waals surface area contributed by atoms with Crippen molar-refractivity contribution in [2.45, 2.75) is 18.2 Å². The minimum atomic E-state index is -3.98. The SMILES string of the molecule is COc1ccc(N(CC(=O)NCCc2ccc(F)cc2)S(=O)(=O)c2ccc(C)cc2)cc1. The largest absolute Gasteiger partial charge is 0.497 e. The number of nitrogens with one attached hydrogen (secondary N) is 1. The highest BCUT2D eigenvalue weighted by Gasteiger charge is 2.27. The predicted molar refractivity (Wildman–Crippen MR) is 122 cm³/mol. The van der Waals surface area contributed by atoms with Gasteiger partial charge in [0.25, 0.3) is 10.0 Å². The van der Waals surface area contributed by atoms with Crippen LogP contribution in [0.4, 0.5) is 10.1 Å². The molecule has 0 bridgehead atoms. The first kappa shape index (κ1) is 23.3. The average molecular weight is 457 g/mol.